The van der Waals surface area contributed by atoms with Crippen molar-refractivity contribution in [1.82, 2.24) is 4.98 Å². The fourth-order valence-corrected chi connectivity index (χ4v) is 2.69. The molecule has 1 aromatic heterocycles. The number of carbonyl (C=O) groups is 2. The first-order chi connectivity index (χ1) is 12.1. The average Bonchev–Trinajstić information content (AvgIpc) is 2.63. The van der Waals surface area contributed by atoms with E-state index in [1.54, 1.807) is 30.5 Å². The van der Waals surface area contributed by atoms with E-state index in [2.05, 4.69) is 15.0 Å². The summed E-state index contributed by atoms with van der Waals surface area (Å²) in [5.74, 6) is -0.503. The predicted molar refractivity (Wildman–Crippen MR) is 96.6 cm³/mol. The number of aromatic nitrogens is 1. The van der Waals surface area contributed by atoms with Gasteiger partial charge in [-0.25, -0.2) is 0 Å². The minimum absolute atomic E-state index is 0.205. The van der Waals surface area contributed by atoms with Crippen LogP contribution in [-0.4, -0.2) is 24.0 Å². The molecule has 2 aromatic carbocycles. The van der Waals surface area contributed by atoms with Crippen molar-refractivity contribution in [3.8, 4) is 0 Å². The van der Waals surface area contributed by atoms with E-state index >= 15 is 0 Å². The standard InChI is InChI=1S/C20H18N2O3/c1-13-19(17-6-4-3-5-15(17)12-21-13)20(24)22-16-9-7-14(8-10-16)11-18(23)25-2/h3-10,12H,11H2,1-2H3,(H,22,24). The highest BCUT2D eigenvalue weighted by Crippen LogP contribution is 2.22. The molecular formula is C20H18N2O3. The van der Waals surface area contributed by atoms with Crippen LogP contribution in [-0.2, 0) is 16.0 Å². The normalized spacial score (nSPS) is 10.5. The second kappa shape index (κ2) is 7.13. The number of nitrogens with zero attached hydrogens (tertiary/aromatic N) is 1. The van der Waals surface area contributed by atoms with E-state index in [4.69, 9.17) is 0 Å². The van der Waals surface area contributed by atoms with E-state index in [1.165, 1.54) is 7.11 Å². The van der Waals surface area contributed by atoms with Crippen LogP contribution in [0.25, 0.3) is 10.8 Å². The van der Waals surface area contributed by atoms with Gasteiger partial charge in [0.15, 0.2) is 0 Å². The topological polar surface area (TPSA) is 68.3 Å². The van der Waals surface area contributed by atoms with Gasteiger partial charge in [-0.15, -0.1) is 0 Å². The third-order valence-electron chi connectivity index (χ3n) is 4.00. The van der Waals surface area contributed by atoms with Gasteiger partial charge in [0, 0.05) is 17.3 Å². The lowest BCUT2D eigenvalue weighted by atomic mass is 10.0. The zero-order valence-electron chi connectivity index (χ0n) is 14.1. The third kappa shape index (κ3) is 3.66. The zero-order chi connectivity index (χ0) is 17.8. The van der Waals surface area contributed by atoms with Crippen molar-refractivity contribution in [2.24, 2.45) is 0 Å². The number of benzene rings is 2. The maximum absolute atomic E-state index is 12.7. The number of esters is 1. The Kier molecular flexibility index (Phi) is 4.75. The molecule has 0 fully saturated rings. The van der Waals surface area contributed by atoms with Crippen LogP contribution < -0.4 is 5.32 Å². The highest BCUT2D eigenvalue weighted by Gasteiger charge is 2.14. The van der Waals surface area contributed by atoms with E-state index in [-0.39, 0.29) is 18.3 Å². The number of aryl methyl sites for hydroxylation is 1. The summed E-state index contributed by atoms with van der Waals surface area (Å²) >= 11 is 0. The maximum atomic E-state index is 12.7. The lowest BCUT2D eigenvalue weighted by molar-refractivity contribution is -0.139. The number of amides is 1. The molecule has 3 rings (SSSR count). The molecule has 3 aromatic rings. The van der Waals surface area contributed by atoms with Gasteiger partial charge in [-0.05, 0) is 30.0 Å². The quantitative estimate of drug-likeness (QED) is 0.741. The second-order valence-electron chi connectivity index (χ2n) is 5.71. The molecule has 1 N–H and O–H groups in total. The van der Waals surface area contributed by atoms with Crippen molar-refractivity contribution >= 4 is 28.3 Å². The van der Waals surface area contributed by atoms with Crippen LogP contribution in [0.15, 0.2) is 54.7 Å². The smallest absolute Gasteiger partial charge is 0.309 e. The molecule has 126 valence electrons. The molecule has 0 saturated carbocycles. The first-order valence-corrected chi connectivity index (χ1v) is 7.90. The molecule has 0 bridgehead atoms. The molecule has 25 heavy (non-hydrogen) atoms. The van der Waals surface area contributed by atoms with Crippen LogP contribution in [0.2, 0.25) is 0 Å². The number of ether oxygens (including phenoxy) is 1. The van der Waals surface area contributed by atoms with Gasteiger partial charge >= 0.3 is 5.97 Å². The third-order valence-corrected chi connectivity index (χ3v) is 4.00. The Bertz CT molecular complexity index is 933. The van der Waals surface area contributed by atoms with Gasteiger partial charge in [0.05, 0.1) is 24.8 Å². The van der Waals surface area contributed by atoms with Gasteiger partial charge in [0.25, 0.3) is 5.91 Å². The van der Waals surface area contributed by atoms with Crippen molar-refractivity contribution in [3.05, 3.63) is 71.5 Å². The SMILES string of the molecule is COC(=O)Cc1ccc(NC(=O)c2c(C)ncc3ccccc23)cc1. The Morgan fingerprint density at radius 1 is 1.08 bits per heavy atom. The van der Waals surface area contributed by atoms with E-state index in [9.17, 15) is 9.59 Å². The number of pyridine rings is 1. The number of hydrogen-bond acceptors (Lipinski definition) is 4. The Labute approximate surface area is 145 Å². The van der Waals surface area contributed by atoms with Crippen LogP contribution in [0.4, 0.5) is 5.69 Å². The molecule has 0 aliphatic carbocycles. The summed E-state index contributed by atoms with van der Waals surface area (Å²) in [6.45, 7) is 1.82. The monoisotopic (exact) mass is 334 g/mol. The van der Waals surface area contributed by atoms with Gasteiger partial charge in [-0.2, -0.15) is 0 Å². The van der Waals surface area contributed by atoms with Crippen molar-refractivity contribution in [2.75, 3.05) is 12.4 Å². The molecule has 1 amide bonds. The van der Waals surface area contributed by atoms with Crippen molar-refractivity contribution in [3.63, 3.8) is 0 Å². The molecule has 1 heterocycles. The number of hydrogen-bond donors (Lipinski definition) is 1. The Balaban J connectivity index is 1.83. The van der Waals surface area contributed by atoms with E-state index in [1.807, 2.05) is 31.2 Å². The Morgan fingerprint density at radius 3 is 2.52 bits per heavy atom. The lowest BCUT2D eigenvalue weighted by Gasteiger charge is -2.11. The summed E-state index contributed by atoms with van der Waals surface area (Å²) in [7, 11) is 1.36. The first-order valence-electron chi connectivity index (χ1n) is 7.90. The summed E-state index contributed by atoms with van der Waals surface area (Å²) in [5.41, 5.74) is 2.73. The van der Waals surface area contributed by atoms with E-state index in [0.29, 0.717) is 16.9 Å². The first kappa shape index (κ1) is 16.6. The van der Waals surface area contributed by atoms with E-state index < -0.39 is 0 Å². The predicted octanol–water partition coefficient (Wildman–Crippen LogP) is 3.51. The minimum atomic E-state index is -0.297. The summed E-state index contributed by atoms with van der Waals surface area (Å²) < 4.78 is 4.65. The fourth-order valence-electron chi connectivity index (χ4n) is 2.69. The van der Waals surface area contributed by atoms with Crippen LogP contribution in [0, 0.1) is 6.92 Å². The molecule has 0 aliphatic rings. The Morgan fingerprint density at radius 2 is 1.80 bits per heavy atom. The van der Waals surface area contributed by atoms with Gasteiger partial charge in [0.2, 0.25) is 0 Å². The molecule has 0 saturated heterocycles. The highest BCUT2D eigenvalue weighted by molar-refractivity contribution is 6.13. The number of carbonyl (C=O) groups excluding carboxylic acids is 2. The molecule has 0 aliphatic heterocycles. The van der Waals surface area contributed by atoms with Gasteiger partial charge in [-0.3, -0.25) is 14.6 Å². The van der Waals surface area contributed by atoms with E-state index in [0.717, 1.165) is 16.3 Å². The zero-order valence-corrected chi connectivity index (χ0v) is 14.1. The Hall–Kier alpha value is -3.21. The van der Waals surface area contributed by atoms with Crippen LogP contribution >= 0.6 is 0 Å². The van der Waals surface area contributed by atoms with Gasteiger partial charge < -0.3 is 10.1 Å². The maximum Gasteiger partial charge on any atom is 0.309 e. The summed E-state index contributed by atoms with van der Waals surface area (Å²) in [6, 6.07) is 14.8. The largest absolute Gasteiger partial charge is 0.469 e. The van der Waals surface area contributed by atoms with Crippen LogP contribution in [0.3, 0.4) is 0 Å². The minimum Gasteiger partial charge on any atom is -0.469 e. The van der Waals surface area contributed by atoms with Gasteiger partial charge in [0.1, 0.15) is 0 Å². The number of nitrogens with one attached hydrogen (secondary N) is 1. The number of rotatable bonds is 4. The van der Waals surface area contributed by atoms with Crippen molar-refractivity contribution in [1.29, 1.82) is 0 Å². The summed E-state index contributed by atoms with van der Waals surface area (Å²) in [6.07, 6.45) is 1.97. The fraction of sp³-hybridized carbons (Fsp3) is 0.150. The molecule has 0 unspecified atom stereocenters. The van der Waals surface area contributed by atoms with Crippen molar-refractivity contribution < 1.29 is 14.3 Å². The number of anilines is 1. The lowest BCUT2D eigenvalue weighted by Crippen LogP contribution is -2.15. The highest BCUT2D eigenvalue weighted by atomic mass is 16.5. The molecule has 0 radical (unpaired) electrons. The number of methoxy groups -OCH3 is 1. The molecule has 0 spiro atoms. The average molecular weight is 334 g/mol. The molecule has 5 heteroatoms. The van der Waals surface area contributed by atoms with Crippen molar-refractivity contribution in [2.45, 2.75) is 13.3 Å². The van der Waals surface area contributed by atoms with Crippen LogP contribution in [0.1, 0.15) is 21.6 Å². The number of fused-ring (bicyclic) bond motifs is 1. The van der Waals surface area contributed by atoms with Gasteiger partial charge in [-0.1, -0.05) is 36.4 Å². The molecular weight excluding hydrogens is 316 g/mol. The second-order valence-corrected chi connectivity index (χ2v) is 5.71. The summed E-state index contributed by atoms with van der Waals surface area (Å²) in [5, 5.41) is 4.68. The summed E-state index contributed by atoms with van der Waals surface area (Å²) in [4.78, 5) is 28.3. The van der Waals surface area contributed by atoms with Crippen LogP contribution in [0.5, 0.6) is 0 Å². The molecule has 5 nitrogen and oxygen atoms in total. The molecule has 0 atom stereocenters.